The number of hydrogen-bond donors (Lipinski definition) is 3. The minimum Gasteiger partial charge on any atom is -0.465 e. The quantitative estimate of drug-likeness (QED) is 0.741. The number of rotatable bonds is 1. The molecule has 1 aromatic heterocycles. The van der Waals surface area contributed by atoms with Gasteiger partial charge < -0.3 is 15.7 Å². The van der Waals surface area contributed by atoms with Crippen LogP contribution in [0.4, 0.5) is 4.79 Å². The van der Waals surface area contributed by atoms with E-state index in [0.29, 0.717) is 6.54 Å². The van der Waals surface area contributed by atoms with E-state index in [1.165, 1.54) is 0 Å². The maximum absolute atomic E-state index is 12.0. The van der Waals surface area contributed by atoms with Crippen LogP contribution in [0.2, 0.25) is 0 Å². The first-order valence-corrected chi connectivity index (χ1v) is 7.88. The molecule has 1 aromatic rings. The first-order valence-electron chi connectivity index (χ1n) is 7.88. The van der Waals surface area contributed by atoms with Crippen LogP contribution in [-0.2, 0) is 4.79 Å². The highest BCUT2D eigenvalue weighted by atomic mass is 16.4. The average Bonchev–Trinajstić information content (AvgIpc) is 3.29. The Morgan fingerprint density at radius 1 is 1.32 bits per heavy atom. The summed E-state index contributed by atoms with van der Waals surface area (Å²) in [6.07, 6.45) is 5.08. The lowest BCUT2D eigenvalue weighted by molar-refractivity contribution is -0.122. The van der Waals surface area contributed by atoms with Crippen molar-refractivity contribution in [1.29, 1.82) is 0 Å². The molecule has 0 spiro atoms. The first-order chi connectivity index (χ1) is 10.6. The van der Waals surface area contributed by atoms with Gasteiger partial charge in [-0.3, -0.25) is 9.78 Å². The number of carboxylic acid groups (broad SMARTS) is 1. The van der Waals surface area contributed by atoms with Crippen LogP contribution < -0.4 is 10.6 Å². The van der Waals surface area contributed by atoms with Crippen LogP contribution in [0.3, 0.4) is 0 Å². The topological polar surface area (TPSA) is 91.3 Å². The van der Waals surface area contributed by atoms with Gasteiger partial charge >= 0.3 is 6.09 Å². The lowest BCUT2D eigenvalue weighted by atomic mass is 10.0. The summed E-state index contributed by atoms with van der Waals surface area (Å²) < 4.78 is 0. The van der Waals surface area contributed by atoms with Crippen molar-refractivity contribution in [3.05, 3.63) is 29.6 Å². The standard InChI is InChI=1S/C16H21N3O3/c20-15-12-9-11(12)10-5-7-17-14(8-10)13(19-16(21)22)4-2-1-3-6-18-15/h5,7-8,11-13,19H,1-4,6,9H2,(H,18,20)(H,21,22)/t11-,12-,13+/m1/s1. The van der Waals surface area contributed by atoms with Crippen LogP contribution in [0.1, 0.15) is 55.3 Å². The van der Waals surface area contributed by atoms with Crippen LogP contribution >= 0.6 is 0 Å². The largest absolute Gasteiger partial charge is 0.465 e. The second-order valence-electron chi connectivity index (χ2n) is 6.11. The lowest BCUT2D eigenvalue weighted by Crippen LogP contribution is -2.27. The molecule has 0 unspecified atom stereocenters. The fourth-order valence-electron chi connectivity index (χ4n) is 3.18. The van der Waals surface area contributed by atoms with Gasteiger partial charge in [0.2, 0.25) is 5.91 Å². The summed E-state index contributed by atoms with van der Waals surface area (Å²) >= 11 is 0. The van der Waals surface area contributed by atoms with Crippen molar-refractivity contribution in [3.8, 4) is 0 Å². The summed E-state index contributed by atoms with van der Waals surface area (Å²) in [6.45, 7) is 0.703. The molecule has 118 valence electrons. The van der Waals surface area contributed by atoms with Crippen molar-refractivity contribution in [2.45, 2.75) is 44.1 Å². The number of nitrogens with zero attached hydrogens (tertiary/aromatic N) is 1. The summed E-state index contributed by atoms with van der Waals surface area (Å²) in [5.74, 6) is 0.442. The molecule has 1 fully saturated rings. The number of fused-ring (bicyclic) bond motifs is 4. The highest BCUT2D eigenvalue weighted by Crippen LogP contribution is 2.47. The van der Waals surface area contributed by atoms with Crippen LogP contribution in [0, 0.1) is 5.92 Å². The van der Waals surface area contributed by atoms with E-state index in [1.807, 2.05) is 12.1 Å². The number of carbonyl (C=O) groups is 2. The van der Waals surface area contributed by atoms with Crippen LogP contribution in [0.15, 0.2) is 18.3 Å². The van der Waals surface area contributed by atoms with E-state index in [0.717, 1.165) is 43.4 Å². The summed E-state index contributed by atoms with van der Waals surface area (Å²) in [6, 6.07) is 3.61. The highest BCUT2D eigenvalue weighted by Gasteiger charge is 2.44. The number of pyridine rings is 1. The fraction of sp³-hybridized carbons (Fsp3) is 0.562. The highest BCUT2D eigenvalue weighted by molar-refractivity contribution is 5.82. The zero-order chi connectivity index (χ0) is 15.5. The molecule has 6 heteroatoms. The Bertz CT molecular complexity index is 576. The smallest absolute Gasteiger partial charge is 0.405 e. The molecule has 1 aliphatic carbocycles. The van der Waals surface area contributed by atoms with Gasteiger partial charge in [-0.25, -0.2) is 4.79 Å². The Morgan fingerprint density at radius 2 is 2.18 bits per heavy atom. The SMILES string of the molecule is O=C(O)N[C@H]1CCCCCNC(=O)[C@@H]2C[C@@H]2c2ccnc1c2. The van der Waals surface area contributed by atoms with Gasteiger partial charge in [-0.2, -0.15) is 0 Å². The van der Waals surface area contributed by atoms with Gasteiger partial charge in [0.05, 0.1) is 11.7 Å². The molecule has 0 aromatic carbocycles. The molecule has 6 nitrogen and oxygen atoms in total. The normalized spacial score (nSPS) is 28.2. The number of amides is 2. The third kappa shape index (κ3) is 3.37. The van der Waals surface area contributed by atoms with E-state index in [1.54, 1.807) is 6.20 Å². The van der Waals surface area contributed by atoms with Gasteiger partial charge in [0.1, 0.15) is 0 Å². The van der Waals surface area contributed by atoms with Gasteiger partial charge in [-0.1, -0.05) is 12.8 Å². The molecule has 3 atom stereocenters. The molecular formula is C16H21N3O3. The summed E-state index contributed by atoms with van der Waals surface area (Å²) in [5, 5.41) is 14.6. The van der Waals surface area contributed by atoms with Crippen molar-refractivity contribution < 1.29 is 14.7 Å². The van der Waals surface area contributed by atoms with Gasteiger partial charge in [-0.05, 0) is 42.9 Å². The number of hydrogen-bond acceptors (Lipinski definition) is 3. The monoisotopic (exact) mass is 303 g/mol. The summed E-state index contributed by atoms with van der Waals surface area (Å²) in [7, 11) is 0. The van der Waals surface area contributed by atoms with Crippen molar-refractivity contribution >= 4 is 12.0 Å². The summed E-state index contributed by atoms with van der Waals surface area (Å²) in [5.41, 5.74) is 1.84. The number of aromatic nitrogens is 1. The Kier molecular flexibility index (Phi) is 4.27. The van der Waals surface area contributed by atoms with E-state index in [4.69, 9.17) is 5.11 Å². The molecule has 2 aliphatic rings. The Morgan fingerprint density at radius 3 is 3.00 bits per heavy atom. The van der Waals surface area contributed by atoms with Crippen molar-refractivity contribution in [3.63, 3.8) is 0 Å². The summed E-state index contributed by atoms with van der Waals surface area (Å²) in [4.78, 5) is 27.4. The molecule has 3 rings (SSSR count). The zero-order valence-corrected chi connectivity index (χ0v) is 12.4. The number of nitrogens with one attached hydrogen (secondary N) is 2. The molecule has 0 saturated heterocycles. The van der Waals surface area contributed by atoms with Crippen molar-refractivity contribution in [2.75, 3.05) is 6.54 Å². The molecule has 0 radical (unpaired) electrons. The fourth-order valence-corrected chi connectivity index (χ4v) is 3.18. The van der Waals surface area contributed by atoms with E-state index in [2.05, 4.69) is 15.6 Å². The maximum atomic E-state index is 12.0. The first kappa shape index (κ1) is 14.8. The second-order valence-corrected chi connectivity index (χ2v) is 6.11. The van der Waals surface area contributed by atoms with Crippen molar-refractivity contribution in [1.82, 2.24) is 15.6 Å². The van der Waals surface area contributed by atoms with Gasteiger partial charge in [0.15, 0.2) is 0 Å². The Hall–Kier alpha value is -2.11. The van der Waals surface area contributed by atoms with Crippen LogP contribution in [0.25, 0.3) is 0 Å². The van der Waals surface area contributed by atoms with E-state index < -0.39 is 6.09 Å². The molecule has 1 aliphatic heterocycles. The molecule has 2 bridgehead atoms. The Labute approximate surface area is 129 Å². The minimum atomic E-state index is -1.03. The van der Waals surface area contributed by atoms with E-state index in [9.17, 15) is 9.59 Å². The third-order valence-electron chi connectivity index (χ3n) is 4.48. The Balaban J connectivity index is 1.84. The predicted molar refractivity (Wildman–Crippen MR) is 80.5 cm³/mol. The van der Waals surface area contributed by atoms with E-state index in [-0.39, 0.29) is 23.8 Å². The predicted octanol–water partition coefficient (Wildman–Crippen LogP) is 2.18. The van der Waals surface area contributed by atoms with Gasteiger partial charge in [0, 0.05) is 18.7 Å². The van der Waals surface area contributed by atoms with Crippen LogP contribution in [0.5, 0.6) is 0 Å². The van der Waals surface area contributed by atoms with Gasteiger partial charge in [-0.15, -0.1) is 0 Å². The average molecular weight is 303 g/mol. The molecule has 1 saturated carbocycles. The number of carbonyl (C=O) groups excluding carboxylic acids is 1. The molecule has 3 N–H and O–H groups in total. The minimum absolute atomic E-state index is 0.0573. The van der Waals surface area contributed by atoms with Crippen LogP contribution in [-0.4, -0.2) is 28.6 Å². The lowest BCUT2D eigenvalue weighted by Gasteiger charge is -2.17. The van der Waals surface area contributed by atoms with Crippen molar-refractivity contribution in [2.24, 2.45) is 5.92 Å². The second kappa shape index (κ2) is 6.34. The van der Waals surface area contributed by atoms with Gasteiger partial charge in [0.25, 0.3) is 0 Å². The van der Waals surface area contributed by atoms with E-state index >= 15 is 0 Å². The third-order valence-corrected chi connectivity index (χ3v) is 4.48. The molecule has 2 heterocycles. The molecule has 22 heavy (non-hydrogen) atoms. The molecular weight excluding hydrogens is 282 g/mol. The zero-order valence-electron chi connectivity index (χ0n) is 12.4. The maximum Gasteiger partial charge on any atom is 0.405 e. The molecule has 2 amide bonds.